The number of piperazine rings is 1. The minimum atomic E-state index is -3.97. The van der Waals surface area contributed by atoms with E-state index in [1.807, 2.05) is 12.1 Å². The molecule has 0 unspecified atom stereocenters. The minimum absolute atomic E-state index is 0.0210. The van der Waals surface area contributed by atoms with Crippen LogP contribution in [0.2, 0.25) is 0 Å². The van der Waals surface area contributed by atoms with Gasteiger partial charge in [-0.15, -0.1) is 0 Å². The van der Waals surface area contributed by atoms with E-state index in [2.05, 4.69) is 26.1 Å². The number of amides is 2. The zero-order valence-electron chi connectivity index (χ0n) is 18.5. The van der Waals surface area contributed by atoms with Gasteiger partial charge < -0.3 is 10.2 Å². The van der Waals surface area contributed by atoms with Gasteiger partial charge in [-0.25, -0.2) is 12.8 Å². The van der Waals surface area contributed by atoms with Gasteiger partial charge in [0.1, 0.15) is 10.7 Å². The third-order valence-corrected chi connectivity index (χ3v) is 7.39. The first-order valence-electron chi connectivity index (χ1n) is 10.4. The van der Waals surface area contributed by atoms with Crippen LogP contribution in [0.15, 0.2) is 53.4 Å². The molecule has 9 heteroatoms. The Kier molecular flexibility index (Phi) is 7.00. The van der Waals surface area contributed by atoms with Gasteiger partial charge in [-0.1, -0.05) is 45.0 Å². The van der Waals surface area contributed by atoms with Gasteiger partial charge in [0, 0.05) is 31.7 Å². The first-order valence-corrected chi connectivity index (χ1v) is 11.9. The lowest BCUT2D eigenvalue weighted by Crippen LogP contribution is -2.52. The Hall–Kier alpha value is -2.78. The summed E-state index contributed by atoms with van der Waals surface area (Å²) >= 11 is 0. The highest BCUT2D eigenvalue weighted by Crippen LogP contribution is 2.22. The van der Waals surface area contributed by atoms with E-state index < -0.39 is 15.8 Å². The molecule has 2 aromatic carbocycles. The molecule has 1 saturated heterocycles. The van der Waals surface area contributed by atoms with Crippen LogP contribution in [-0.2, 0) is 20.2 Å². The van der Waals surface area contributed by atoms with Crippen LogP contribution in [0.25, 0.3) is 0 Å². The number of carbonyl (C=O) groups is 2. The smallest absolute Gasteiger partial charge is 0.251 e. The van der Waals surface area contributed by atoms with Crippen LogP contribution in [0.4, 0.5) is 4.39 Å². The molecule has 1 N–H and O–H groups in total. The molecule has 2 amide bonds. The standard InChI is InChI=1S/C23H28FN3O4S/c1-23(2,3)18-10-8-17(9-11-18)22(29)25-16-21(28)26-12-14-27(15-13-26)32(30,31)20-7-5-4-6-19(20)24/h4-11H,12-16H2,1-3H3,(H,25,29). The number of nitrogens with one attached hydrogen (secondary N) is 1. The molecule has 0 radical (unpaired) electrons. The zero-order chi connectivity index (χ0) is 23.5. The van der Waals surface area contributed by atoms with Gasteiger partial charge in [0.05, 0.1) is 6.54 Å². The number of nitrogens with zero attached hydrogens (tertiary/aromatic N) is 2. The van der Waals surface area contributed by atoms with Gasteiger partial charge in [-0.3, -0.25) is 9.59 Å². The molecule has 3 rings (SSSR count). The maximum Gasteiger partial charge on any atom is 0.251 e. The molecular weight excluding hydrogens is 433 g/mol. The van der Waals surface area contributed by atoms with Gasteiger partial charge in [0.2, 0.25) is 15.9 Å². The van der Waals surface area contributed by atoms with Crippen molar-refractivity contribution in [2.75, 3.05) is 32.7 Å². The topological polar surface area (TPSA) is 86.8 Å². The molecule has 0 aromatic heterocycles. The van der Waals surface area contributed by atoms with Crippen LogP contribution in [0.5, 0.6) is 0 Å². The average molecular weight is 462 g/mol. The van der Waals surface area contributed by atoms with E-state index in [0.717, 1.165) is 11.6 Å². The van der Waals surface area contributed by atoms with Crippen molar-refractivity contribution in [1.29, 1.82) is 0 Å². The fourth-order valence-electron chi connectivity index (χ4n) is 3.46. The summed E-state index contributed by atoms with van der Waals surface area (Å²) in [6, 6.07) is 12.5. The molecule has 7 nitrogen and oxygen atoms in total. The lowest BCUT2D eigenvalue weighted by molar-refractivity contribution is -0.131. The summed E-state index contributed by atoms with van der Waals surface area (Å²) in [5.41, 5.74) is 1.55. The highest BCUT2D eigenvalue weighted by atomic mass is 32.2. The van der Waals surface area contributed by atoms with E-state index in [4.69, 9.17) is 0 Å². The second kappa shape index (κ2) is 9.38. The summed E-state index contributed by atoms with van der Waals surface area (Å²) in [5, 5.41) is 2.62. The second-order valence-electron chi connectivity index (χ2n) is 8.73. The Bertz CT molecular complexity index is 1090. The number of rotatable bonds is 5. The van der Waals surface area contributed by atoms with Crippen LogP contribution in [-0.4, -0.2) is 62.2 Å². The van der Waals surface area contributed by atoms with Crippen LogP contribution >= 0.6 is 0 Å². The van der Waals surface area contributed by atoms with Crippen LogP contribution in [0.1, 0.15) is 36.7 Å². The minimum Gasteiger partial charge on any atom is -0.343 e. The Morgan fingerprint density at radius 2 is 1.56 bits per heavy atom. The van der Waals surface area contributed by atoms with E-state index >= 15 is 0 Å². The van der Waals surface area contributed by atoms with E-state index in [9.17, 15) is 22.4 Å². The third kappa shape index (κ3) is 5.34. The van der Waals surface area contributed by atoms with Crippen molar-refractivity contribution in [3.05, 3.63) is 65.5 Å². The maximum absolute atomic E-state index is 13.9. The first-order chi connectivity index (χ1) is 15.0. The van der Waals surface area contributed by atoms with Crippen molar-refractivity contribution in [2.24, 2.45) is 0 Å². The summed E-state index contributed by atoms with van der Waals surface area (Å²) in [6.45, 7) is 6.53. The number of hydrogen-bond acceptors (Lipinski definition) is 4. The lowest BCUT2D eigenvalue weighted by Gasteiger charge is -2.34. The Morgan fingerprint density at radius 3 is 2.12 bits per heavy atom. The van der Waals surface area contributed by atoms with Gasteiger partial charge in [0.15, 0.2) is 0 Å². The predicted octanol–water partition coefficient (Wildman–Crippen LogP) is 2.39. The molecule has 1 fully saturated rings. The Labute approximate surface area is 188 Å². The Balaban J connectivity index is 1.52. The van der Waals surface area contributed by atoms with Gasteiger partial charge in [-0.2, -0.15) is 4.31 Å². The second-order valence-corrected chi connectivity index (χ2v) is 10.6. The monoisotopic (exact) mass is 461 g/mol. The number of halogens is 1. The average Bonchev–Trinajstić information content (AvgIpc) is 2.77. The van der Waals surface area contributed by atoms with E-state index in [1.54, 1.807) is 12.1 Å². The maximum atomic E-state index is 13.9. The normalized spacial score (nSPS) is 15.4. The fourth-order valence-corrected chi connectivity index (χ4v) is 4.95. The number of sulfonamides is 1. The molecule has 0 spiro atoms. The van der Waals surface area contributed by atoms with Gasteiger partial charge in [-0.05, 0) is 35.2 Å². The van der Waals surface area contributed by atoms with Crippen LogP contribution in [0, 0.1) is 5.82 Å². The van der Waals surface area contributed by atoms with Gasteiger partial charge >= 0.3 is 0 Å². The quantitative estimate of drug-likeness (QED) is 0.741. The molecule has 172 valence electrons. The van der Waals surface area contributed by atoms with E-state index in [1.165, 1.54) is 27.4 Å². The highest BCUT2D eigenvalue weighted by Gasteiger charge is 2.31. The molecule has 1 aliphatic rings. The van der Waals surface area contributed by atoms with Crippen molar-refractivity contribution in [3.8, 4) is 0 Å². The summed E-state index contributed by atoms with van der Waals surface area (Å²) in [6.07, 6.45) is 0. The molecule has 2 aromatic rings. The third-order valence-electron chi connectivity index (χ3n) is 5.46. The van der Waals surface area contributed by atoms with Crippen molar-refractivity contribution in [1.82, 2.24) is 14.5 Å². The SMILES string of the molecule is CC(C)(C)c1ccc(C(=O)NCC(=O)N2CCN(S(=O)(=O)c3ccccc3F)CC2)cc1. The van der Waals surface area contributed by atoms with Crippen molar-refractivity contribution >= 4 is 21.8 Å². The molecule has 0 aliphatic carbocycles. The summed E-state index contributed by atoms with van der Waals surface area (Å²) in [5.74, 6) is -1.45. The molecule has 32 heavy (non-hydrogen) atoms. The van der Waals surface area contributed by atoms with Crippen molar-refractivity contribution < 1.29 is 22.4 Å². The number of hydrogen-bond donors (Lipinski definition) is 1. The molecule has 1 aliphatic heterocycles. The zero-order valence-corrected chi connectivity index (χ0v) is 19.3. The largest absolute Gasteiger partial charge is 0.343 e. The van der Waals surface area contributed by atoms with Crippen LogP contribution in [0.3, 0.4) is 0 Å². The fraction of sp³-hybridized carbons (Fsp3) is 0.391. The molecule has 0 saturated carbocycles. The number of carbonyl (C=O) groups excluding carboxylic acids is 2. The lowest BCUT2D eigenvalue weighted by atomic mass is 9.87. The first kappa shape index (κ1) is 23.9. The van der Waals surface area contributed by atoms with E-state index in [-0.39, 0.29) is 54.8 Å². The highest BCUT2D eigenvalue weighted by molar-refractivity contribution is 7.89. The van der Waals surface area contributed by atoms with Crippen molar-refractivity contribution in [3.63, 3.8) is 0 Å². The summed E-state index contributed by atoms with van der Waals surface area (Å²) < 4.78 is 40.4. The summed E-state index contributed by atoms with van der Waals surface area (Å²) in [7, 11) is -3.97. The van der Waals surface area contributed by atoms with E-state index in [0.29, 0.717) is 5.56 Å². The predicted molar refractivity (Wildman–Crippen MR) is 119 cm³/mol. The molecular formula is C23H28FN3O4S. The molecule has 0 bridgehead atoms. The summed E-state index contributed by atoms with van der Waals surface area (Å²) in [4.78, 5) is 26.0. The number of benzene rings is 2. The van der Waals surface area contributed by atoms with Crippen molar-refractivity contribution in [2.45, 2.75) is 31.1 Å². The Morgan fingerprint density at radius 1 is 0.969 bits per heavy atom. The van der Waals surface area contributed by atoms with Gasteiger partial charge in [0.25, 0.3) is 5.91 Å². The molecule has 1 heterocycles. The van der Waals surface area contributed by atoms with Crippen LogP contribution < -0.4 is 5.32 Å². The molecule has 0 atom stereocenters.